The number of halogens is 1. The highest BCUT2D eigenvalue weighted by atomic mass is 35.5. The molecule has 2 aromatic heterocycles. The van der Waals surface area contributed by atoms with Crippen LogP contribution in [0, 0.1) is 0 Å². The Morgan fingerprint density at radius 1 is 1.12 bits per heavy atom. The Hall–Kier alpha value is -3.58. The van der Waals surface area contributed by atoms with Crippen LogP contribution >= 0.6 is 11.6 Å². The summed E-state index contributed by atoms with van der Waals surface area (Å²) in [5.74, 6) is 0.913. The SMILES string of the molecule is CC(C)c1ccc(OCn2ccc(C(=O)Nc3cnn(Cc4cccc(Cl)c4)c3)n2)cc1. The van der Waals surface area contributed by atoms with Gasteiger partial charge in [0.1, 0.15) is 5.75 Å². The van der Waals surface area contributed by atoms with Gasteiger partial charge in [0, 0.05) is 17.4 Å². The number of carbonyl (C=O) groups excluding carboxylic acids is 1. The fraction of sp³-hybridized carbons (Fsp3) is 0.208. The fourth-order valence-electron chi connectivity index (χ4n) is 3.18. The number of carbonyl (C=O) groups is 1. The van der Waals surface area contributed by atoms with Gasteiger partial charge in [0.25, 0.3) is 5.91 Å². The Balaban J connectivity index is 1.31. The standard InChI is InChI=1S/C24H24ClN5O2/c1-17(2)19-6-8-22(9-7-19)32-16-29-11-10-23(28-29)24(31)27-21-13-26-30(15-21)14-18-4-3-5-20(25)12-18/h3-13,15,17H,14,16H2,1-2H3,(H,27,31). The number of ether oxygens (including phenoxy) is 1. The van der Waals surface area contributed by atoms with E-state index < -0.39 is 0 Å². The highest BCUT2D eigenvalue weighted by molar-refractivity contribution is 6.30. The second kappa shape index (κ2) is 9.70. The van der Waals surface area contributed by atoms with Gasteiger partial charge in [0.05, 0.1) is 18.4 Å². The number of anilines is 1. The summed E-state index contributed by atoms with van der Waals surface area (Å²) >= 11 is 6.03. The van der Waals surface area contributed by atoms with Gasteiger partial charge in [0.2, 0.25) is 0 Å². The van der Waals surface area contributed by atoms with Crippen LogP contribution in [0.1, 0.15) is 41.4 Å². The van der Waals surface area contributed by atoms with Crippen molar-refractivity contribution in [1.82, 2.24) is 19.6 Å². The molecule has 0 aliphatic rings. The zero-order chi connectivity index (χ0) is 22.5. The monoisotopic (exact) mass is 449 g/mol. The zero-order valence-corrected chi connectivity index (χ0v) is 18.7. The number of nitrogens with zero attached hydrogens (tertiary/aromatic N) is 4. The minimum atomic E-state index is -0.313. The molecule has 0 unspecified atom stereocenters. The maximum Gasteiger partial charge on any atom is 0.276 e. The average molecular weight is 450 g/mol. The van der Waals surface area contributed by atoms with Crippen LogP contribution in [0.3, 0.4) is 0 Å². The Morgan fingerprint density at radius 2 is 1.94 bits per heavy atom. The number of aromatic nitrogens is 4. The molecule has 32 heavy (non-hydrogen) atoms. The van der Waals surface area contributed by atoms with Crippen LogP contribution in [0.25, 0.3) is 0 Å². The van der Waals surface area contributed by atoms with Crippen molar-refractivity contribution in [3.05, 3.63) is 95.0 Å². The maximum absolute atomic E-state index is 12.5. The van der Waals surface area contributed by atoms with Gasteiger partial charge in [-0.05, 0) is 47.4 Å². The van der Waals surface area contributed by atoms with Gasteiger partial charge >= 0.3 is 0 Å². The van der Waals surface area contributed by atoms with Crippen molar-refractivity contribution in [2.24, 2.45) is 0 Å². The third kappa shape index (κ3) is 5.56. The third-order valence-corrected chi connectivity index (χ3v) is 5.14. The van der Waals surface area contributed by atoms with Crippen LogP contribution in [-0.2, 0) is 13.3 Å². The molecule has 0 fully saturated rings. The van der Waals surface area contributed by atoms with Crippen molar-refractivity contribution in [1.29, 1.82) is 0 Å². The maximum atomic E-state index is 12.5. The summed E-state index contributed by atoms with van der Waals surface area (Å²) in [4.78, 5) is 12.5. The molecular formula is C24H24ClN5O2. The summed E-state index contributed by atoms with van der Waals surface area (Å²) < 4.78 is 9.06. The molecule has 0 aliphatic carbocycles. The lowest BCUT2D eigenvalue weighted by molar-refractivity contribution is 0.102. The van der Waals surface area contributed by atoms with E-state index in [-0.39, 0.29) is 12.6 Å². The molecule has 0 aliphatic heterocycles. The highest BCUT2D eigenvalue weighted by Gasteiger charge is 2.11. The molecule has 164 valence electrons. The molecule has 0 radical (unpaired) electrons. The summed E-state index contributed by atoms with van der Waals surface area (Å²) in [7, 11) is 0. The molecular weight excluding hydrogens is 426 g/mol. The average Bonchev–Trinajstić information content (AvgIpc) is 3.42. The van der Waals surface area contributed by atoms with Gasteiger partial charge in [0.15, 0.2) is 12.4 Å². The summed E-state index contributed by atoms with van der Waals surface area (Å²) in [5.41, 5.74) is 3.17. The minimum absolute atomic E-state index is 0.214. The fourth-order valence-corrected chi connectivity index (χ4v) is 3.39. The molecule has 0 saturated heterocycles. The molecule has 1 N–H and O–H groups in total. The number of hydrogen-bond acceptors (Lipinski definition) is 4. The van der Waals surface area contributed by atoms with Crippen LogP contribution in [0.15, 0.2) is 73.2 Å². The van der Waals surface area contributed by atoms with Gasteiger partial charge < -0.3 is 10.1 Å². The molecule has 1 amide bonds. The van der Waals surface area contributed by atoms with Crippen molar-refractivity contribution in [2.45, 2.75) is 33.0 Å². The lowest BCUT2D eigenvalue weighted by Gasteiger charge is -2.09. The summed E-state index contributed by atoms with van der Waals surface area (Å²) in [6, 6.07) is 17.2. The first-order valence-corrected chi connectivity index (χ1v) is 10.7. The minimum Gasteiger partial charge on any atom is -0.471 e. The number of nitrogens with one attached hydrogen (secondary N) is 1. The molecule has 0 atom stereocenters. The Bertz CT molecular complexity index is 1200. The number of hydrogen-bond donors (Lipinski definition) is 1. The number of benzene rings is 2. The molecule has 7 nitrogen and oxygen atoms in total. The number of rotatable bonds is 8. The van der Waals surface area contributed by atoms with Gasteiger partial charge in [-0.25, -0.2) is 4.68 Å². The van der Waals surface area contributed by atoms with Crippen molar-refractivity contribution < 1.29 is 9.53 Å². The molecule has 4 aromatic rings. The third-order valence-electron chi connectivity index (χ3n) is 4.91. The van der Waals surface area contributed by atoms with Crippen LogP contribution < -0.4 is 10.1 Å². The van der Waals surface area contributed by atoms with E-state index >= 15 is 0 Å². The van der Waals surface area contributed by atoms with E-state index in [0.717, 1.165) is 11.3 Å². The smallest absolute Gasteiger partial charge is 0.276 e. The topological polar surface area (TPSA) is 74.0 Å². The second-order valence-corrected chi connectivity index (χ2v) is 8.18. The molecule has 0 spiro atoms. The molecule has 2 aromatic carbocycles. The Morgan fingerprint density at radius 3 is 2.69 bits per heavy atom. The molecule has 2 heterocycles. The van der Waals surface area contributed by atoms with Gasteiger partial charge in [-0.2, -0.15) is 10.2 Å². The van der Waals surface area contributed by atoms with Crippen molar-refractivity contribution >= 4 is 23.2 Å². The second-order valence-electron chi connectivity index (χ2n) is 7.75. The Kier molecular flexibility index (Phi) is 6.56. The summed E-state index contributed by atoms with van der Waals surface area (Å²) in [6.45, 7) is 5.07. The van der Waals surface area contributed by atoms with Gasteiger partial charge in [-0.3, -0.25) is 9.48 Å². The Labute approximate surface area is 191 Å². The van der Waals surface area contributed by atoms with Gasteiger partial charge in [-0.1, -0.05) is 49.7 Å². The first kappa shape index (κ1) is 21.6. The first-order chi connectivity index (χ1) is 15.5. The predicted molar refractivity (Wildman–Crippen MR) is 124 cm³/mol. The molecule has 4 rings (SSSR count). The van der Waals surface area contributed by atoms with E-state index in [1.165, 1.54) is 5.56 Å². The van der Waals surface area contributed by atoms with E-state index in [0.29, 0.717) is 28.9 Å². The quantitative estimate of drug-likeness (QED) is 0.401. The normalized spacial score (nSPS) is 11.0. The van der Waals surface area contributed by atoms with Crippen LogP contribution in [0.4, 0.5) is 5.69 Å². The van der Waals surface area contributed by atoms with Crippen LogP contribution in [-0.4, -0.2) is 25.5 Å². The molecule has 0 saturated carbocycles. The predicted octanol–water partition coefficient (Wildman–Crippen LogP) is 5.19. The summed E-state index contributed by atoms with van der Waals surface area (Å²) in [6.07, 6.45) is 5.07. The van der Waals surface area contributed by atoms with E-state index in [1.54, 1.807) is 34.0 Å². The van der Waals surface area contributed by atoms with E-state index in [4.69, 9.17) is 16.3 Å². The lowest BCUT2D eigenvalue weighted by Crippen LogP contribution is -2.14. The van der Waals surface area contributed by atoms with E-state index in [1.807, 2.05) is 36.4 Å². The van der Waals surface area contributed by atoms with E-state index in [2.05, 4.69) is 41.5 Å². The van der Waals surface area contributed by atoms with Crippen molar-refractivity contribution in [2.75, 3.05) is 5.32 Å². The lowest BCUT2D eigenvalue weighted by atomic mass is 10.0. The molecule has 8 heteroatoms. The first-order valence-electron chi connectivity index (χ1n) is 10.3. The largest absolute Gasteiger partial charge is 0.471 e. The summed E-state index contributed by atoms with van der Waals surface area (Å²) in [5, 5.41) is 12.1. The van der Waals surface area contributed by atoms with Crippen molar-refractivity contribution in [3.63, 3.8) is 0 Å². The molecule has 0 bridgehead atoms. The zero-order valence-electron chi connectivity index (χ0n) is 17.9. The van der Waals surface area contributed by atoms with Crippen LogP contribution in [0.5, 0.6) is 5.75 Å². The van der Waals surface area contributed by atoms with E-state index in [9.17, 15) is 4.79 Å². The highest BCUT2D eigenvalue weighted by Crippen LogP contribution is 2.19. The van der Waals surface area contributed by atoms with Crippen molar-refractivity contribution in [3.8, 4) is 5.75 Å². The number of amides is 1. The van der Waals surface area contributed by atoms with Gasteiger partial charge in [-0.15, -0.1) is 0 Å². The van der Waals surface area contributed by atoms with Crippen LogP contribution in [0.2, 0.25) is 5.02 Å².